The molecule has 0 aromatic carbocycles. The summed E-state index contributed by atoms with van der Waals surface area (Å²) in [4.78, 5) is 12.4. The Bertz CT molecular complexity index is 150. The van der Waals surface area contributed by atoms with Crippen LogP contribution in [0.1, 0.15) is 6.92 Å². The van der Waals surface area contributed by atoms with Crippen molar-refractivity contribution in [2.24, 2.45) is 0 Å². The monoisotopic (exact) mass is 143 g/mol. The number of ether oxygens (including phenoxy) is 1. The van der Waals surface area contributed by atoms with Crippen molar-refractivity contribution in [3.8, 4) is 0 Å². The van der Waals surface area contributed by atoms with Crippen LogP contribution >= 0.6 is 0 Å². The van der Waals surface area contributed by atoms with Crippen molar-refractivity contribution < 1.29 is 9.53 Å². The van der Waals surface area contributed by atoms with Gasteiger partial charge in [0.15, 0.2) is 0 Å². The molecule has 0 unspecified atom stereocenters. The molecule has 0 atom stereocenters. The Morgan fingerprint density at radius 2 is 2.00 bits per heavy atom. The molecule has 0 aliphatic carbocycles. The SMILES string of the molecule is COC(=O)C=C(C)N(C)C. The molecule has 3 nitrogen and oxygen atoms in total. The van der Waals surface area contributed by atoms with E-state index in [1.807, 2.05) is 25.9 Å². The minimum Gasteiger partial charge on any atom is -0.466 e. The van der Waals surface area contributed by atoms with Crippen LogP contribution in [0.25, 0.3) is 0 Å². The molecule has 0 heterocycles. The molecule has 0 fully saturated rings. The Kier molecular flexibility index (Phi) is 3.54. The highest BCUT2D eigenvalue weighted by atomic mass is 16.5. The van der Waals surface area contributed by atoms with Crippen molar-refractivity contribution in [3.63, 3.8) is 0 Å². The average molecular weight is 143 g/mol. The predicted molar refractivity (Wildman–Crippen MR) is 39.5 cm³/mol. The van der Waals surface area contributed by atoms with E-state index in [0.29, 0.717) is 0 Å². The first-order valence-electron chi connectivity index (χ1n) is 3.01. The third kappa shape index (κ3) is 3.12. The minimum atomic E-state index is -0.314. The zero-order chi connectivity index (χ0) is 8.15. The van der Waals surface area contributed by atoms with Crippen LogP contribution < -0.4 is 0 Å². The van der Waals surface area contributed by atoms with Crippen LogP contribution in [0.15, 0.2) is 11.8 Å². The van der Waals surface area contributed by atoms with Gasteiger partial charge in [0.25, 0.3) is 0 Å². The molecule has 0 rings (SSSR count). The maximum atomic E-state index is 10.6. The summed E-state index contributed by atoms with van der Waals surface area (Å²) in [5.74, 6) is -0.314. The van der Waals surface area contributed by atoms with Gasteiger partial charge in [-0.15, -0.1) is 0 Å². The lowest BCUT2D eigenvalue weighted by atomic mass is 10.4. The number of nitrogens with zero attached hydrogens (tertiary/aromatic N) is 1. The maximum Gasteiger partial charge on any atom is 0.332 e. The fraction of sp³-hybridized carbons (Fsp3) is 0.571. The van der Waals surface area contributed by atoms with Crippen LogP contribution in [0, 0.1) is 0 Å². The Labute approximate surface area is 61.3 Å². The molecule has 0 bridgehead atoms. The van der Waals surface area contributed by atoms with Gasteiger partial charge in [0, 0.05) is 25.9 Å². The minimum absolute atomic E-state index is 0.314. The summed E-state index contributed by atoms with van der Waals surface area (Å²) in [6, 6.07) is 0. The predicted octanol–water partition coefficient (Wildman–Crippen LogP) is 0.625. The Hall–Kier alpha value is -0.990. The molecule has 3 heteroatoms. The third-order valence-electron chi connectivity index (χ3n) is 1.23. The van der Waals surface area contributed by atoms with Gasteiger partial charge in [-0.1, -0.05) is 0 Å². The fourth-order valence-electron chi connectivity index (χ4n) is 0.359. The van der Waals surface area contributed by atoms with Gasteiger partial charge in [-0.25, -0.2) is 4.79 Å². The first kappa shape index (κ1) is 9.01. The van der Waals surface area contributed by atoms with Gasteiger partial charge >= 0.3 is 5.97 Å². The van der Waals surface area contributed by atoms with Crippen molar-refractivity contribution in [1.82, 2.24) is 4.90 Å². The summed E-state index contributed by atoms with van der Waals surface area (Å²) in [6.45, 7) is 1.84. The summed E-state index contributed by atoms with van der Waals surface area (Å²) in [7, 11) is 5.10. The van der Waals surface area contributed by atoms with Gasteiger partial charge in [0.2, 0.25) is 0 Å². The smallest absolute Gasteiger partial charge is 0.332 e. The van der Waals surface area contributed by atoms with E-state index < -0.39 is 0 Å². The highest BCUT2D eigenvalue weighted by Crippen LogP contribution is 1.95. The van der Waals surface area contributed by atoms with Gasteiger partial charge in [-0.3, -0.25) is 0 Å². The molecule has 0 aromatic heterocycles. The van der Waals surface area contributed by atoms with Gasteiger partial charge in [-0.2, -0.15) is 0 Å². The molecule has 0 aliphatic rings. The molecule has 0 amide bonds. The number of hydrogen-bond donors (Lipinski definition) is 0. The molecule has 0 aliphatic heterocycles. The van der Waals surface area contributed by atoms with E-state index in [1.165, 1.54) is 13.2 Å². The van der Waals surface area contributed by atoms with E-state index >= 15 is 0 Å². The molecule has 0 saturated heterocycles. The lowest BCUT2D eigenvalue weighted by Gasteiger charge is -2.11. The van der Waals surface area contributed by atoms with Crippen molar-refractivity contribution in [1.29, 1.82) is 0 Å². The number of hydrogen-bond acceptors (Lipinski definition) is 3. The summed E-state index contributed by atoms with van der Waals surface area (Å²) >= 11 is 0. The Balaban J connectivity index is 4.03. The molecule has 0 N–H and O–H groups in total. The van der Waals surface area contributed by atoms with Crippen LogP contribution in [0.4, 0.5) is 0 Å². The van der Waals surface area contributed by atoms with E-state index in [4.69, 9.17) is 0 Å². The zero-order valence-electron chi connectivity index (χ0n) is 6.84. The van der Waals surface area contributed by atoms with E-state index in [-0.39, 0.29) is 5.97 Å². The van der Waals surface area contributed by atoms with Crippen molar-refractivity contribution in [2.45, 2.75) is 6.92 Å². The quantitative estimate of drug-likeness (QED) is 0.419. The number of esters is 1. The summed E-state index contributed by atoms with van der Waals surface area (Å²) in [5.41, 5.74) is 0.881. The van der Waals surface area contributed by atoms with Crippen molar-refractivity contribution >= 4 is 5.97 Å². The molecule has 58 valence electrons. The van der Waals surface area contributed by atoms with Crippen molar-refractivity contribution in [2.75, 3.05) is 21.2 Å². The molecular formula is C7H13NO2. The maximum absolute atomic E-state index is 10.6. The number of carbonyl (C=O) groups is 1. The van der Waals surface area contributed by atoms with Gasteiger partial charge in [0.05, 0.1) is 7.11 Å². The highest BCUT2D eigenvalue weighted by Gasteiger charge is 1.96. The largest absolute Gasteiger partial charge is 0.466 e. The van der Waals surface area contributed by atoms with Crippen LogP contribution in [0.2, 0.25) is 0 Å². The molecule has 0 aromatic rings. The Morgan fingerprint density at radius 1 is 1.50 bits per heavy atom. The molecular weight excluding hydrogens is 130 g/mol. The summed E-state index contributed by atoms with van der Waals surface area (Å²) in [5, 5.41) is 0. The summed E-state index contributed by atoms with van der Waals surface area (Å²) < 4.78 is 4.43. The lowest BCUT2D eigenvalue weighted by Crippen LogP contribution is -2.10. The van der Waals surface area contributed by atoms with Gasteiger partial charge in [0.1, 0.15) is 0 Å². The number of allylic oxidation sites excluding steroid dienone is 1. The molecule has 0 spiro atoms. The normalized spacial score (nSPS) is 11.0. The summed E-state index contributed by atoms with van der Waals surface area (Å²) in [6.07, 6.45) is 1.44. The molecule has 10 heavy (non-hydrogen) atoms. The second kappa shape index (κ2) is 3.93. The zero-order valence-corrected chi connectivity index (χ0v) is 6.84. The second-order valence-electron chi connectivity index (χ2n) is 2.20. The molecule has 0 radical (unpaired) electrons. The second-order valence-corrected chi connectivity index (χ2v) is 2.20. The fourth-order valence-corrected chi connectivity index (χ4v) is 0.359. The topological polar surface area (TPSA) is 29.5 Å². The first-order valence-corrected chi connectivity index (χ1v) is 3.01. The van der Waals surface area contributed by atoms with E-state index in [1.54, 1.807) is 0 Å². The molecule has 0 saturated carbocycles. The number of methoxy groups -OCH3 is 1. The van der Waals surface area contributed by atoms with E-state index in [9.17, 15) is 4.79 Å². The van der Waals surface area contributed by atoms with Gasteiger partial charge in [-0.05, 0) is 6.92 Å². The van der Waals surface area contributed by atoms with Gasteiger partial charge < -0.3 is 9.64 Å². The third-order valence-corrected chi connectivity index (χ3v) is 1.23. The number of rotatable bonds is 2. The Morgan fingerprint density at radius 3 is 2.30 bits per heavy atom. The van der Waals surface area contributed by atoms with E-state index in [2.05, 4.69) is 4.74 Å². The average Bonchev–Trinajstić information content (AvgIpc) is 1.87. The first-order chi connectivity index (χ1) is 4.57. The number of carbonyl (C=O) groups excluding carboxylic acids is 1. The van der Waals surface area contributed by atoms with Crippen LogP contribution in [-0.4, -0.2) is 32.1 Å². The lowest BCUT2D eigenvalue weighted by molar-refractivity contribution is -0.134. The van der Waals surface area contributed by atoms with E-state index in [0.717, 1.165) is 5.70 Å². The highest BCUT2D eigenvalue weighted by molar-refractivity contribution is 5.82. The van der Waals surface area contributed by atoms with Crippen LogP contribution in [0.5, 0.6) is 0 Å². The standard InChI is InChI=1S/C7H13NO2/c1-6(8(2)3)5-7(9)10-4/h5H,1-4H3. The van der Waals surface area contributed by atoms with Crippen molar-refractivity contribution in [3.05, 3.63) is 11.8 Å². The van der Waals surface area contributed by atoms with Crippen LogP contribution in [-0.2, 0) is 9.53 Å². The van der Waals surface area contributed by atoms with Crippen LogP contribution in [0.3, 0.4) is 0 Å².